The molecule has 1 aromatic heterocycles. The van der Waals surface area contributed by atoms with Crippen LogP contribution >= 0.6 is 22.9 Å². The number of thiophene rings is 1. The Balaban J connectivity index is 2.18. The quantitative estimate of drug-likeness (QED) is 0.713. The van der Waals surface area contributed by atoms with Crippen molar-refractivity contribution in [2.45, 2.75) is 24.5 Å². The minimum Gasteiger partial charge on any atom is -0.350 e. The topological polar surface area (TPSA) is 66.5 Å². The lowest BCUT2D eigenvalue weighted by atomic mass is 10.2. The Morgan fingerprint density at radius 3 is 2.56 bits per heavy atom. The third-order valence-corrected chi connectivity index (χ3v) is 6.72. The molecule has 2 rings (SSSR count). The van der Waals surface area contributed by atoms with Gasteiger partial charge in [-0.25, -0.2) is 8.42 Å². The Morgan fingerprint density at radius 2 is 2.00 bits per heavy atom. The van der Waals surface area contributed by atoms with Crippen molar-refractivity contribution >= 4 is 38.9 Å². The molecule has 0 unspecified atom stereocenters. The lowest BCUT2D eigenvalue weighted by molar-refractivity contribution is -0.137. The van der Waals surface area contributed by atoms with Gasteiger partial charge in [-0.15, -0.1) is 11.3 Å². The van der Waals surface area contributed by atoms with E-state index in [1.807, 2.05) is 17.5 Å². The second kappa shape index (κ2) is 8.59. The second-order valence-corrected chi connectivity index (χ2v) is 8.80. The lowest BCUT2D eigenvalue weighted by Gasteiger charge is -2.21. The van der Waals surface area contributed by atoms with Gasteiger partial charge in [-0.2, -0.15) is 17.5 Å². The third-order valence-electron chi connectivity index (χ3n) is 3.59. The Bertz CT molecular complexity index is 900. The molecule has 0 aliphatic rings. The van der Waals surface area contributed by atoms with Crippen LogP contribution in [-0.4, -0.2) is 31.7 Å². The number of benzene rings is 1. The first-order valence-corrected chi connectivity index (χ1v) is 10.4. The van der Waals surface area contributed by atoms with Gasteiger partial charge in [0.25, 0.3) is 0 Å². The Hall–Kier alpha value is -1.62. The average molecular weight is 441 g/mol. The molecule has 0 aliphatic carbocycles. The molecule has 5 nitrogen and oxygen atoms in total. The molecule has 0 saturated carbocycles. The minimum atomic E-state index is -4.79. The molecule has 2 aromatic rings. The molecule has 1 heterocycles. The van der Waals surface area contributed by atoms with Crippen molar-refractivity contribution in [3.8, 4) is 0 Å². The Morgan fingerprint density at radius 1 is 1.30 bits per heavy atom. The van der Waals surface area contributed by atoms with Gasteiger partial charge in [0, 0.05) is 11.4 Å². The highest BCUT2D eigenvalue weighted by molar-refractivity contribution is 7.89. The number of carbonyl (C=O) groups is 1. The zero-order valence-corrected chi connectivity index (χ0v) is 16.5. The van der Waals surface area contributed by atoms with E-state index < -0.39 is 44.1 Å². The van der Waals surface area contributed by atoms with E-state index in [2.05, 4.69) is 5.32 Å². The summed E-state index contributed by atoms with van der Waals surface area (Å²) in [6.07, 6.45) is -4.79. The van der Waals surface area contributed by atoms with Crippen LogP contribution in [-0.2, 0) is 27.5 Å². The van der Waals surface area contributed by atoms with E-state index in [0.29, 0.717) is 6.07 Å². The number of carbonyl (C=O) groups excluding carboxylic acids is 1. The molecule has 0 fully saturated rings. The highest BCUT2D eigenvalue weighted by atomic mass is 35.5. The number of amides is 1. The number of nitrogens with zero attached hydrogens (tertiary/aromatic N) is 1. The van der Waals surface area contributed by atoms with Gasteiger partial charge in [0.2, 0.25) is 15.9 Å². The van der Waals surface area contributed by atoms with Crippen molar-refractivity contribution in [3.05, 3.63) is 51.2 Å². The van der Waals surface area contributed by atoms with Crippen LogP contribution in [0.1, 0.15) is 17.4 Å². The van der Waals surface area contributed by atoms with Crippen molar-refractivity contribution in [2.75, 3.05) is 13.1 Å². The van der Waals surface area contributed by atoms with Gasteiger partial charge in [0.05, 0.1) is 28.6 Å². The fourth-order valence-electron chi connectivity index (χ4n) is 2.21. The second-order valence-electron chi connectivity index (χ2n) is 5.43. The number of likely N-dealkylation sites (N-methyl/N-ethyl adjacent to an activating group) is 1. The summed E-state index contributed by atoms with van der Waals surface area (Å²) in [4.78, 5) is 12.4. The van der Waals surface area contributed by atoms with Crippen LogP contribution in [0.5, 0.6) is 0 Å². The third kappa shape index (κ3) is 5.44. The van der Waals surface area contributed by atoms with Gasteiger partial charge in [0.15, 0.2) is 0 Å². The van der Waals surface area contributed by atoms with E-state index in [9.17, 15) is 26.4 Å². The predicted molar refractivity (Wildman–Crippen MR) is 97.1 cm³/mol. The van der Waals surface area contributed by atoms with Crippen LogP contribution in [0.2, 0.25) is 5.02 Å². The predicted octanol–water partition coefficient (Wildman–Crippen LogP) is 3.75. The molecule has 0 radical (unpaired) electrons. The maximum Gasteiger partial charge on any atom is 0.417 e. The van der Waals surface area contributed by atoms with Gasteiger partial charge in [-0.1, -0.05) is 24.6 Å². The number of alkyl halides is 3. The first kappa shape index (κ1) is 21.7. The summed E-state index contributed by atoms with van der Waals surface area (Å²) in [5.41, 5.74) is -1.25. The Kier molecular flexibility index (Phi) is 6.90. The molecular formula is C16H16ClF3N2O3S2. The van der Waals surface area contributed by atoms with Gasteiger partial charge in [-0.3, -0.25) is 4.79 Å². The summed E-state index contributed by atoms with van der Waals surface area (Å²) >= 11 is 6.96. The Labute approximate surface area is 163 Å². The molecule has 11 heteroatoms. The standard InChI is InChI=1S/C16H16ClF3N2O3S2/c1-2-22(10-15(23)21-9-11-4-3-7-26-11)27(24,25)12-5-6-14(17)13(8-12)16(18,19)20/h3-8H,2,9-10H2,1H3,(H,21,23). The molecule has 0 saturated heterocycles. The van der Waals surface area contributed by atoms with E-state index in [1.165, 1.54) is 18.3 Å². The SMILES string of the molecule is CCN(CC(=O)NCc1cccs1)S(=O)(=O)c1ccc(Cl)c(C(F)(F)F)c1. The average Bonchev–Trinajstić information content (AvgIpc) is 3.10. The van der Waals surface area contributed by atoms with Gasteiger partial charge >= 0.3 is 6.18 Å². The normalized spacial score (nSPS) is 12.4. The lowest BCUT2D eigenvalue weighted by Crippen LogP contribution is -2.40. The van der Waals surface area contributed by atoms with E-state index in [-0.39, 0.29) is 13.1 Å². The molecule has 27 heavy (non-hydrogen) atoms. The molecule has 0 bridgehead atoms. The minimum absolute atomic E-state index is 0.0846. The van der Waals surface area contributed by atoms with E-state index in [1.54, 1.807) is 0 Å². The molecule has 0 atom stereocenters. The van der Waals surface area contributed by atoms with Crippen LogP contribution in [0.15, 0.2) is 40.6 Å². The number of hydrogen-bond donors (Lipinski definition) is 1. The van der Waals surface area contributed by atoms with E-state index in [0.717, 1.165) is 21.3 Å². The molecule has 1 aromatic carbocycles. The molecule has 0 aliphatic heterocycles. The van der Waals surface area contributed by atoms with Crippen molar-refractivity contribution < 1.29 is 26.4 Å². The van der Waals surface area contributed by atoms with Crippen molar-refractivity contribution in [1.82, 2.24) is 9.62 Å². The number of nitrogens with one attached hydrogen (secondary N) is 1. The van der Waals surface area contributed by atoms with Crippen molar-refractivity contribution in [2.24, 2.45) is 0 Å². The number of halogens is 4. The van der Waals surface area contributed by atoms with Crippen LogP contribution < -0.4 is 5.32 Å². The maximum absolute atomic E-state index is 13.0. The molecular weight excluding hydrogens is 425 g/mol. The monoisotopic (exact) mass is 440 g/mol. The molecule has 148 valence electrons. The van der Waals surface area contributed by atoms with Crippen LogP contribution in [0.25, 0.3) is 0 Å². The van der Waals surface area contributed by atoms with Crippen LogP contribution in [0.3, 0.4) is 0 Å². The summed E-state index contributed by atoms with van der Waals surface area (Å²) < 4.78 is 65.1. The molecule has 1 N–H and O–H groups in total. The smallest absolute Gasteiger partial charge is 0.350 e. The number of hydrogen-bond acceptors (Lipinski definition) is 4. The van der Waals surface area contributed by atoms with Crippen LogP contribution in [0, 0.1) is 0 Å². The largest absolute Gasteiger partial charge is 0.417 e. The molecule has 0 spiro atoms. The van der Waals surface area contributed by atoms with E-state index in [4.69, 9.17) is 11.6 Å². The van der Waals surface area contributed by atoms with Crippen molar-refractivity contribution in [3.63, 3.8) is 0 Å². The fourth-order valence-corrected chi connectivity index (χ4v) is 4.51. The zero-order chi connectivity index (χ0) is 20.2. The van der Waals surface area contributed by atoms with Gasteiger partial charge in [0.1, 0.15) is 0 Å². The highest BCUT2D eigenvalue weighted by Crippen LogP contribution is 2.36. The highest BCUT2D eigenvalue weighted by Gasteiger charge is 2.35. The van der Waals surface area contributed by atoms with Crippen molar-refractivity contribution in [1.29, 1.82) is 0 Å². The zero-order valence-electron chi connectivity index (χ0n) is 14.1. The summed E-state index contributed by atoms with van der Waals surface area (Å²) in [7, 11) is -4.30. The van der Waals surface area contributed by atoms with Gasteiger partial charge < -0.3 is 5.32 Å². The summed E-state index contributed by atoms with van der Waals surface area (Å²) in [5, 5.41) is 3.82. The van der Waals surface area contributed by atoms with E-state index >= 15 is 0 Å². The molecule has 1 amide bonds. The summed E-state index contributed by atoms with van der Waals surface area (Å²) in [6, 6.07) is 5.96. The summed E-state index contributed by atoms with van der Waals surface area (Å²) in [6.45, 7) is 1.14. The maximum atomic E-state index is 13.0. The van der Waals surface area contributed by atoms with Crippen LogP contribution in [0.4, 0.5) is 13.2 Å². The summed E-state index contributed by atoms with van der Waals surface area (Å²) in [5.74, 6) is -0.557. The first-order chi connectivity index (χ1) is 12.6. The fraction of sp³-hybridized carbons (Fsp3) is 0.312. The first-order valence-electron chi connectivity index (χ1n) is 7.71. The number of rotatable bonds is 7. The van der Waals surface area contributed by atoms with Gasteiger partial charge in [-0.05, 0) is 29.6 Å². The number of sulfonamides is 1.